The summed E-state index contributed by atoms with van der Waals surface area (Å²) in [4.78, 5) is 16.7. The van der Waals surface area contributed by atoms with Crippen molar-refractivity contribution >= 4 is 16.8 Å². The molecule has 0 radical (unpaired) electrons. The molecule has 1 aromatic carbocycles. The molecule has 1 amide bonds. The number of rotatable bonds is 5. The number of nitrogens with zero attached hydrogens (tertiary/aromatic N) is 1. The maximum atomic E-state index is 12.1. The number of aryl methyl sites for hydroxylation is 2. The molecule has 0 aliphatic heterocycles. The second-order valence-corrected chi connectivity index (χ2v) is 5.42. The topological polar surface area (TPSA) is 51.2 Å². The van der Waals surface area contributed by atoms with E-state index >= 15 is 0 Å². The second-order valence-electron chi connectivity index (χ2n) is 5.42. The van der Waals surface area contributed by atoms with Crippen LogP contribution in [0.15, 0.2) is 24.3 Å². The number of aromatic nitrogens is 1. The first-order chi connectivity index (χ1) is 10.0. The number of para-hydroxylation sites is 1. The summed E-state index contributed by atoms with van der Waals surface area (Å²) in [5, 5.41) is 4.05. The Kier molecular flexibility index (Phi) is 4.91. The molecular formula is C17H22N2O2. The van der Waals surface area contributed by atoms with Crippen LogP contribution >= 0.6 is 0 Å². The number of hydrogen-bond donors (Lipinski definition) is 1. The normalized spacial score (nSPS) is 12.4. The fourth-order valence-corrected chi connectivity index (χ4v) is 2.61. The Bertz CT molecular complexity index is 653. The van der Waals surface area contributed by atoms with Gasteiger partial charge < -0.3 is 10.1 Å². The monoisotopic (exact) mass is 286 g/mol. The van der Waals surface area contributed by atoms with Crippen molar-refractivity contribution in [2.75, 3.05) is 13.7 Å². The number of benzene rings is 1. The van der Waals surface area contributed by atoms with Crippen LogP contribution < -0.4 is 5.32 Å². The predicted octanol–water partition coefficient (Wildman–Crippen LogP) is 2.55. The summed E-state index contributed by atoms with van der Waals surface area (Å²) < 4.78 is 5.03. The summed E-state index contributed by atoms with van der Waals surface area (Å²) >= 11 is 0. The third-order valence-electron chi connectivity index (χ3n) is 3.65. The third-order valence-corrected chi connectivity index (χ3v) is 3.65. The molecule has 0 unspecified atom stereocenters. The molecule has 4 heteroatoms. The van der Waals surface area contributed by atoms with Crippen molar-refractivity contribution in [2.45, 2.75) is 33.2 Å². The van der Waals surface area contributed by atoms with Crippen molar-refractivity contribution in [3.63, 3.8) is 0 Å². The Morgan fingerprint density at radius 3 is 2.76 bits per heavy atom. The number of nitrogens with one attached hydrogen (secondary N) is 1. The van der Waals surface area contributed by atoms with Crippen LogP contribution in [0.1, 0.15) is 23.7 Å². The molecule has 0 saturated heterocycles. The predicted molar refractivity (Wildman–Crippen MR) is 84.4 cm³/mol. The number of methoxy groups -OCH3 is 1. The van der Waals surface area contributed by atoms with E-state index in [0.717, 1.165) is 27.7 Å². The van der Waals surface area contributed by atoms with Gasteiger partial charge in [-0.15, -0.1) is 0 Å². The van der Waals surface area contributed by atoms with Crippen molar-refractivity contribution in [1.82, 2.24) is 10.3 Å². The van der Waals surface area contributed by atoms with E-state index < -0.39 is 0 Å². The molecule has 112 valence electrons. The van der Waals surface area contributed by atoms with Gasteiger partial charge in [-0.3, -0.25) is 9.78 Å². The standard InChI is InChI=1S/C17H22N2O2/c1-11(10-21-4)18-17(20)9-15-12(2)14-7-5-6-8-16(14)19-13(15)3/h5-8,11H,9-10H2,1-4H3,(H,18,20)/t11-/m1/s1. The average Bonchev–Trinajstić information content (AvgIpc) is 2.43. The van der Waals surface area contributed by atoms with Gasteiger partial charge in [0.15, 0.2) is 0 Å². The van der Waals surface area contributed by atoms with E-state index in [0.29, 0.717) is 13.0 Å². The fraction of sp³-hybridized carbons (Fsp3) is 0.412. The van der Waals surface area contributed by atoms with Gasteiger partial charge in [-0.2, -0.15) is 0 Å². The van der Waals surface area contributed by atoms with Gasteiger partial charge in [0.1, 0.15) is 0 Å². The maximum absolute atomic E-state index is 12.1. The summed E-state index contributed by atoms with van der Waals surface area (Å²) in [6, 6.07) is 8.03. The molecule has 0 spiro atoms. The number of hydrogen-bond acceptors (Lipinski definition) is 3. The Hall–Kier alpha value is -1.94. The minimum absolute atomic E-state index is 0.00262. The number of pyridine rings is 1. The SMILES string of the molecule is COC[C@@H](C)NC(=O)Cc1c(C)nc2ccccc2c1C. The molecule has 1 N–H and O–H groups in total. The van der Waals surface area contributed by atoms with Gasteiger partial charge in [0.05, 0.1) is 18.5 Å². The summed E-state index contributed by atoms with van der Waals surface area (Å²) in [7, 11) is 1.63. The minimum atomic E-state index is 0.00262. The number of fused-ring (bicyclic) bond motifs is 1. The van der Waals surface area contributed by atoms with E-state index in [9.17, 15) is 4.79 Å². The highest BCUT2D eigenvalue weighted by molar-refractivity contribution is 5.86. The average molecular weight is 286 g/mol. The zero-order valence-electron chi connectivity index (χ0n) is 13.1. The van der Waals surface area contributed by atoms with Crippen molar-refractivity contribution in [2.24, 2.45) is 0 Å². The van der Waals surface area contributed by atoms with Crippen LogP contribution in [0, 0.1) is 13.8 Å². The van der Waals surface area contributed by atoms with E-state index in [4.69, 9.17) is 4.74 Å². The molecule has 21 heavy (non-hydrogen) atoms. The zero-order chi connectivity index (χ0) is 15.4. The van der Waals surface area contributed by atoms with Crippen molar-refractivity contribution < 1.29 is 9.53 Å². The summed E-state index contributed by atoms with van der Waals surface area (Å²) in [5.74, 6) is 0.00262. The molecule has 1 atom stereocenters. The zero-order valence-corrected chi connectivity index (χ0v) is 13.1. The lowest BCUT2D eigenvalue weighted by Crippen LogP contribution is -2.36. The smallest absolute Gasteiger partial charge is 0.224 e. The highest BCUT2D eigenvalue weighted by Gasteiger charge is 2.14. The maximum Gasteiger partial charge on any atom is 0.224 e. The molecule has 2 aromatic rings. The molecule has 0 fully saturated rings. The molecule has 2 rings (SSSR count). The number of carbonyl (C=O) groups excluding carboxylic acids is 1. The second kappa shape index (κ2) is 6.68. The van der Waals surface area contributed by atoms with Crippen LogP contribution in [0.25, 0.3) is 10.9 Å². The van der Waals surface area contributed by atoms with Crippen LogP contribution in [0.3, 0.4) is 0 Å². The lowest BCUT2D eigenvalue weighted by atomic mass is 9.99. The largest absolute Gasteiger partial charge is 0.383 e. The molecule has 4 nitrogen and oxygen atoms in total. The summed E-state index contributed by atoms with van der Waals surface area (Å²) in [6.07, 6.45) is 0.351. The van der Waals surface area contributed by atoms with Crippen molar-refractivity contribution in [3.8, 4) is 0 Å². The van der Waals surface area contributed by atoms with Gasteiger partial charge in [0.25, 0.3) is 0 Å². The lowest BCUT2D eigenvalue weighted by Gasteiger charge is -2.15. The molecule has 0 bridgehead atoms. The highest BCUT2D eigenvalue weighted by Crippen LogP contribution is 2.22. The minimum Gasteiger partial charge on any atom is -0.383 e. The van der Waals surface area contributed by atoms with Gasteiger partial charge >= 0.3 is 0 Å². The number of ether oxygens (including phenoxy) is 1. The fourth-order valence-electron chi connectivity index (χ4n) is 2.61. The van der Waals surface area contributed by atoms with Crippen LogP contribution in [0.2, 0.25) is 0 Å². The number of carbonyl (C=O) groups is 1. The van der Waals surface area contributed by atoms with Crippen molar-refractivity contribution in [3.05, 3.63) is 41.1 Å². The highest BCUT2D eigenvalue weighted by atomic mass is 16.5. The van der Waals surface area contributed by atoms with Gasteiger partial charge in [-0.1, -0.05) is 18.2 Å². The van der Waals surface area contributed by atoms with Crippen LogP contribution in [-0.2, 0) is 16.0 Å². The van der Waals surface area contributed by atoms with Gasteiger partial charge in [0.2, 0.25) is 5.91 Å². The van der Waals surface area contributed by atoms with E-state index in [-0.39, 0.29) is 11.9 Å². The van der Waals surface area contributed by atoms with Crippen LogP contribution in [0.5, 0.6) is 0 Å². The number of amides is 1. The molecule has 1 aromatic heterocycles. The molecule has 0 aliphatic carbocycles. The quantitative estimate of drug-likeness (QED) is 0.919. The van der Waals surface area contributed by atoms with Gasteiger partial charge in [-0.25, -0.2) is 0 Å². The van der Waals surface area contributed by atoms with E-state index in [1.54, 1.807) is 7.11 Å². The van der Waals surface area contributed by atoms with Crippen LogP contribution in [0.4, 0.5) is 0 Å². The Morgan fingerprint density at radius 2 is 2.05 bits per heavy atom. The lowest BCUT2D eigenvalue weighted by molar-refractivity contribution is -0.121. The molecule has 0 saturated carbocycles. The van der Waals surface area contributed by atoms with E-state index in [1.807, 2.05) is 38.1 Å². The molecule has 0 aliphatic rings. The Balaban J connectivity index is 2.24. The van der Waals surface area contributed by atoms with E-state index in [1.165, 1.54) is 0 Å². The summed E-state index contributed by atoms with van der Waals surface area (Å²) in [6.45, 7) is 6.46. The van der Waals surface area contributed by atoms with Gasteiger partial charge in [-0.05, 0) is 38.0 Å². The first-order valence-electron chi connectivity index (χ1n) is 7.16. The first kappa shape index (κ1) is 15.4. The van der Waals surface area contributed by atoms with Crippen molar-refractivity contribution in [1.29, 1.82) is 0 Å². The Morgan fingerprint density at radius 1 is 1.33 bits per heavy atom. The van der Waals surface area contributed by atoms with E-state index in [2.05, 4.69) is 17.2 Å². The molecule has 1 heterocycles. The Labute approximate surface area is 125 Å². The molecular weight excluding hydrogens is 264 g/mol. The van der Waals surface area contributed by atoms with Gasteiger partial charge in [0, 0.05) is 24.2 Å². The summed E-state index contributed by atoms with van der Waals surface area (Å²) in [5.41, 5.74) is 4.04. The first-order valence-corrected chi connectivity index (χ1v) is 7.16. The third kappa shape index (κ3) is 3.58. The van der Waals surface area contributed by atoms with Crippen LogP contribution in [-0.4, -0.2) is 30.6 Å².